The Kier molecular flexibility index (Phi) is 6.68. The molecule has 1 rings (SSSR count). The Balaban J connectivity index is 0.000000411. The van der Waals surface area contributed by atoms with Crippen molar-refractivity contribution in [3.63, 3.8) is 0 Å². The third kappa shape index (κ3) is 4.52. The lowest BCUT2D eigenvalue weighted by molar-refractivity contribution is -0.286. The lowest BCUT2D eigenvalue weighted by Gasteiger charge is -2.37. The van der Waals surface area contributed by atoms with Crippen LogP contribution in [0.3, 0.4) is 0 Å². The van der Waals surface area contributed by atoms with Crippen LogP contribution >= 0.6 is 0 Å². The number of hydrogen-bond donors (Lipinski definition) is 7. The smallest absolute Gasteiger partial charge is 0.414 e. The van der Waals surface area contributed by atoms with Crippen molar-refractivity contribution in [2.24, 2.45) is 0 Å². The Morgan fingerprint density at radius 1 is 0.889 bits per heavy atom. The number of aliphatic hydroxyl groups is 5. The van der Waals surface area contributed by atoms with Crippen molar-refractivity contribution >= 4 is 11.9 Å². The van der Waals surface area contributed by atoms with E-state index in [0.717, 1.165) is 0 Å². The quantitative estimate of drug-likeness (QED) is 0.231. The van der Waals surface area contributed by atoms with Crippen LogP contribution in [0.5, 0.6) is 0 Å². The predicted molar refractivity (Wildman–Crippen MR) is 51.3 cm³/mol. The molecule has 1 fully saturated rings. The third-order valence-electron chi connectivity index (χ3n) is 2.05. The fourth-order valence-corrected chi connectivity index (χ4v) is 1.08. The Morgan fingerprint density at radius 3 is 1.67 bits per heavy atom. The highest BCUT2D eigenvalue weighted by Gasteiger charge is 2.42. The third-order valence-corrected chi connectivity index (χ3v) is 2.05. The molecule has 0 unspecified atom stereocenters. The fraction of sp³-hybridized carbons (Fsp3) is 0.750. The largest absolute Gasteiger partial charge is 0.473 e. The molecule has 0 bridgehead atoms. The van der Waals surface area contributed by atoms with Crippen molar-refractivity contribution in [1.82, 2.24) is 0 Å². The van der Waals surface area contributed by atoms with Crippen LogP contribution in [0.25, 0.3) is 0 Å². The minimum Gasteiger partial charge on any atom is -0.473 e. The minimum atomic E-state index is -1.82. The van der Waals surface area contributed by atoms with Crippen LogP contribution in [-0.4, -0.2) is 85.0 Å². The van der Waals surface area contributed by atoms with Crippen LogP contribution in [-0.2, 0) is 14.3 Å². The SMILES string of the molecule is O=C(O)C(=O)O.OC[C@H]1O[C@H](O)[C@H](O)[C@@H](O)[C@@H]1O. The monoisotopic (exact) mass is 270 g/mol. The topological polar surface area (TPSA) is 185 Å². The van der Waals surface area contributed by atoms with Crippen molar-refractivity contribution in [1.29, 1.82) is 0 Å². The van der Waals surface area contributed by atoms with Gasteiger partial charge in [0.25, 0.3) is 0 Å². The van der Waals surface area contributed by atoms with Crippen LogP contribution in [0, 0.1) is 0 Å². The zero-order valence-corrected chi connectivity index (χ0v) is 8.95. The van der Waals surface area contributed by atoms with Gasteiger partial charge in [-0.25, -0.2) is 9.59 Å². The molecule has 0 spiro atoms. The molecule has 18 heavy (non-hydrogen) atoms. The number of aliphatic carboxylic acids is 2. The summed E-state index contributed by atoms with van der Waals surface area (Å²) in [5.41, 5.74) is 0. The molecule has 7 N–H and O–H groups in total. The number of hydrogen-bond acceptors (Lipinski definition) is 8. The highest BCUT2D eigenvalue weighted by Crippen LogP contribution is 2.18. The van der Waals surface area contributed by atoms with Gasteiger partial charge >= 0.3 is 11.9 Å². The van der Waals surface area contributed by atoms with Crippen LogP contribution in [0.15, 0.2) is 0 Å². The van der Waals surface area contributed by atoms with E-state index in [4.69, 9.17) is 45.3 Å². The van der Waals surface area contributed by atoms with Gasteiger partial charge in [-0.3, -0.25) is 0 Å². The predicted octanol–water partition coefficient (Wildman–Crippen LogP) is -4.07. The van der Waals surface area contributed by atoms with Crippen molar-refractivity contribution in [3.8, 4) is 0 Å². The average molecular weight is 270 g/mol. The average Bonchev–Trinajstić information content (AvgIpc) is 2.31. The molecule has 1 aliphatic heterocycles. The number of ether oxygens (including phenoxy) is 1. The molecular weight excluding hydrogens is 256 g/mol. The number of carboxylic acid groups (broad SMARTS) is 2. The van der Waals surface area contributed by atoms with Gasteiger partial charge in [-0.1, -0.05) is 0 Å². The normalized spacial score (nSPS) is 35.3. The van der Waals surface area contributed by atoms with Gasteiger partial charge in [-0.2, -0.15) is 0 Å². The molecule has 0 amide bonds. The Morgan fingerprint density at radius 2 is 1.33 bits per heavy atom. The summed E-state index contributed by atoms with van der Waals surface area (Å²) in [7, 11) is 0. The molecule has 0 aliphatic carbocycles. The van der Waals surface area contributed by atoms with Gasteiger partial charge in [-0.05, 0) is 0 Å². The molecule has 0 aromatic heterocycles. The molecular formula is C8H14O10. The van der Waals surface area contributed by atoms with E-state index in [9.17, 15) is 0 Å². The Bertz CT molecular complexity index is 275. The van der Waals surface area contributed by atoms with Crippen molar-refractivity contribution in [2.45, 2.75) is 30.7 Å². The standard InChI is InChI=1S/C6H12O6.C2H2O4/c7-1-2-3(8)4(9)5(10)6(11)12-2;3-1(4)2(5)6/h2-11H,1H2;(H,3,4)(H,5,6)/t2-,3-,4+,5-,6+;/m1./s1. The highest BCUT2D eigenvalue weighted by atomic mass is 16.6. The first kappa shape index (κ1) is 16.7. The van der Waals surface area contributed by atoms with E-state index < -0.39 is 49.3 Å². The second-order valence-electron chi connectivity index (χ2n) is 3.33. The highest BCUT2D eigenvalue weighted by molar-refractivity contribution is 6.27. The second kappa shape index (κ2) is 7.20. The maximum absolute atomic E-state index is 9.12. The molecule has 10 nitrogen and oxygen atoms in total. The molecule has 5 atom stereocenters. The maximum Gasteiger partial charge on any atom is 0.414 e. The Labute approximate surface area is 100 Å². The first-order valence-corrected chi connectivity index (χ1v) is 4.67. The van der Waals surface area contributed by atoms with E-state index in [2.05, 4.69) is 4.74 Å². The summed E-state index contributed by atoms with van der Waals surface area (Å²) >= 11 is 0. The summed E-state index contributed by atoms with van der Waals surface area (Å²) in [5.74, 6) is -3.65. The molecule has 106 valence electrons. The number of carboxylic acids is 2. The van der Waals surface area contributed by atoms with E-state index in [1.807, 2.05) is 0 Å². The van der Waals surface area contributed by atoms with E-state index >= 15 is 0 Å². The van der Waals surface area contributed by atoms with Gasteiger partial charge in [-0.15, -0.1) is 0 Å². The summed E-state index contributed by atoms with van der Waals surface area (Å²) in [4.78, 5) is 18.2. The van der Waals surface area contributed by atoms with Gasteiger partial charge in [0, 0.05) is 0 Å². The maximum atomic E-state index is 9.12. The zero-order chi connectivity index (χ0) is 14.5. The summed E-state index contributed by atoms with van der Waals surface area (Å²) in [6.07, 6.45) is -7.04. The van der Waals surface area contributed by atoms with Crippen molar-refractivity contribution < 1.29 is 50.1 Å². The summed E-state index contributed by atoms with van der Waals surface area (Å²) in [6.45, 7) is -0.526. The van der Waals surface area contributed by atoms with Crippen molar-refractivity contribution in [2.75, 3.05) is 6.61 Å². The van der Waals surface area contributed by atoms with Gasteiger partial charge < -0.3 is 40.5 Å². The molecule has 0 saturated carbocycles. The fourth-order valence-electron chi connectivity index (χ4n) is 1.08. The second-order valence-corrected chi connectivity index (χ2v) is 3.33. The molecule has 1 aliphatic rings. The van der Waals surface area contributed by atoms with Gasteiger partial charge in [0.15, 0.2) is 6.29 Å². The molecule has 1 saturated heterocycles. The molecule has 0 radical (unpaired) electrons. The molecule has 0 aromatic carbocycles. The van der Waals surface area contributed by atoms with Crippen molar-refractivity contribution in [3.05, 3.63) is 0 Å². The van der Waals surface area contributed by atoms with E-state index in [1.54, 1.807) is 0 Å². The first-order chi connectivity index (χ1) is 8.22. The molecule has 0 aromatic rings. The molecule has 1 heterocycles. The number of aliphatic hydroxyl groups excluding tert-OH is 5. The van der Waals surface area contributed by atoms with Crippen LogP contribution < -0.4 is 0 Å². The van der Waals surface area contributed by atoms with Gasteiger partial charge in [0.1, 0.15) is 24.4 Å². The van der Waals surface area contributed by atoms with E-state index in [0.29, 0.717) is 0 Å². The number of carbonyl (C=O) groups is 2. The molecule has 10 heteroatoms. The summed E-state index contributed by atoms with van der Waals surface area (Å²) < 4.78 is 4.58. The van der Waals surface area contributed by atoms with Gasteiger partial charge in [0.05, 0.1) is 6.61 Å². The lowest BCUT2D eigenvalue weighted by atomic mass is 10.00. The lowest BCUT2D eigenvalue weighted by Crippen LogP contribution is -2.58. The van der Waals surface area contributed by atoms with E-state index in [-0.39, 0.29) is 0 Å². The summed E-state index contributed by atoms with van der Waals surface area (Å²) in [5, 5.41) is 59.4. The minimum absolute atomic E-state index is 0.526. The summed E-state index contributed by atoms with van der Waals surface area (Å²) in [6, 6.07) is 0. The van der Waals surface area contributed by atoms with Crippen LogP contribution in [0.2, 0.25) is 0 Å². The van der Waals surface area contributed by atoms with E-state index in [1.165, 1.54) is 0 Å². The van der Waals surface area contributed by atoms with Crippen LogP contribution in [0.1, 0.15) is 0 Å². The zero-order valence-electron chi connectivity index (χ0n) is 8.95. The first-order valence-electron chi connectivity index (χ1n) is 4.67. The van der Waals surface area contributed by atoms with Gasteiger partial charge in [0.2, 0.25) is 0 Å². The van der Waals surface area contributed by atoms with Crippen LogP contribution in [0.4, 0.5) is 0 Å². The number of rotatable bonds is 1. The Hall–Kier alpha value is -1.30.